The summed E-state index contributed by atoms with van der Waals surface area (Å²) in [6.07, 6.45) is -6.29. The predicted molar refractivity (Wildman–Crippen MR) is 465 cm³/mol. The van der Waals surface area contributed by atoms with Gasteiger partial charge in [0, 0.05) is 140 Å². The minimum Gasteiger partial charge on any atom is -0.481 e. The molecule has 37 heteroatoms. The Labute approximate surface area is 724 Å². The number of carbonyl (C=O) groups excluding carboxylic acids is 17. The lowest BCUT2D eigenvalue weighted by atomic mass is 9.87. The minimum absolute atomic E-state index is 0.00828. The van der Waals surface area contributed by atoms with Crippen LogP contribution in [0.2, 0.25) is 0 Å². The number of hydrogen-bond acceptors (Lipinski definition) is 22. The Balaban J connectivity index is 1.91. The quantitative estimate of drug-likeness (QED) is 0.0194. The van der Waals surface area contributed by atoms with E-state index in [-0.39, 0.29) is 139 Å². The van der Waals surface area contributed by atoms with Crippen LogP contribution in [0.4, 0.5) is 0 Å². The summed E-state index contributed by atoms with van der Waals surface area (Å²) in [5.74, 6) is -22.8. The molecule has 0 aromatic heterocycles. The van der Waals surface area contributed by atoms with Crippen LogP contribution in [0.25, 0.3) is 10.8 Å². The molecule has 2 aromatic carbocycles. The van der Waals surface area contributed by atoms with Crippen molar-refractivity contribution in [1.82, 2.24) is 47.0 Å². The Hall–Kier alpha value is -10.4. The lowest BCUT2D eigenvalue weighted by Crippen LogP contribution is -2.50. The number of fused-ring (bicyclic) bond motifs is 1. The number of nitrogens with two attached hydrogens (primary N) is 5. The fourth-order valence-electron chi connectivity index (χ4n) is 14.7. The number of nitrogens with one attached hydrogen (secondary N) is 7. The number of hydrogen-bond donors (Lipinski definition) is 14. The number of aliphatic hydroxyl groups excluding tert-OH is 1. The van der Waals surface area contributed by atoms with Gasteiger partial charge in [-0.3, -0.25) is 102 Å². The van der Waals surface area contributed by atoms with Gasteiger partial charge in [0.15, 0.2) is 46.6 Å². The smallest absolute Gasteiger partial charge is 0.303 e. The first-order chi connectivity index (χ1) is 58.2. The molecule has 36 nitrogen and oxygen atoms in total. The number of ketones is 7. The van der Waals surface area contributed by atoms with Crippen molar-refractivity contribution in [2.24, 2.45) is 104 Å². The van der Waals surface area contributed by atoms with Crippen LogP contribution in [0, 0.1) is 65.1 Å². The summed E-state index contributed by atoms with van der Waals surface area (Å²) < 4.78 is 7.48. The van der Waals surface area contributed by atoms with E-state index in [1.807, 2.05) is 64.8 Å². The maximum Gasteiger partial charge on any atom is 0.303 e. The molecule has 1 heterocycles. The summed E-state index contributed by atoms with van der Waals surface area (Å²) in [6, 6.07) is 6.88. The van der Waals surface area contributed by atoms with Crippen LogP contribution >= 0.6 is 9.24 Å². The molecule has 1 aliphatic rings. The zero-order valence-electron chi connectivity index (χ0n) is 74.3. The molecule has 3 rings (SSSR count). The highest BCUT2D eigenvalue weighted by molar-refractivity contribution is 7.18. The lowest BCUT2D eigenvalue weighted by Gasteiger charge is -2.27. The molecule has 0 bridgehead atoms. The van der Waals surface area contributed by atoms with Gasteiger partial charge in [-0.2, -0.15) is 0 Å². The van der Waals surface area contributed by atoms with Crippen LogP contribution in [0.15, 0.2) is 52.4 Å². The number of carbonyl (C=O) groups is 18. The highest BCUT2D eigenvalue weighted by Gasteiger charge is 2.40. The fraction of sp³-hybridized carbons (Fsp3) is 0.651. The van der Waals surface area contributed by atoms with E-state index in [2.05, 4.69) is 41.9 Å². The normalized spacial score (nSPS) is 16.4. The van der Waals surface area contributed by atoms with Crippen molar-refractivity contribution in [1.29, 1.82) is 0 Å². The van der Waals surface area contributed by atoms with Crippen LogP contribution < -0.4 is 65.9 Å². The van der Waals surface area contributed by atoms with Gasteiger partial charge >= 0.3 is 5.97 Å². The summed E-state index contributed by atoms with van der Waals surface area (Å²) >= 11 is 0. The highest BCUT2D eigenvalue weighted by atomic mass is 31.0. The molecule has 10 amide bonds. The number of likely N-dealkylation sites (tertiary alicyclic amines) is 1. The zero-order chi connectivity index (χ0) is 93.5. The van der Waals surface area contributed by atoms with Gasteiger partial charge in [-0.05, 0) is 119 Å². The number of carboxylic acid groups (broad SMARTS) is 1. The molecule has 0 saturated carbocycles. The van der Waals surface area contributed by atoms with E-state index in [9.17, 15) is 86.9 Å². The molecule has 123 heavy (non-hydrogen) atoms. The monoisotopic (exact) mass is 1740 g/mol. The van der Waals surface area contributed by atoms with Crippen LogP contribution in [0.5, 0.6) is 0 Å². The zero-order valence-corrected chi connectivity index (χ0v) is 74.5. The number of aliphatic carboxylic acids is 1. The number of amides is 10. The maximum atomic E-state index is 15.1. The number of imide groups is 1. The van der Waals surface area contributed by atoms with Crippen molar-refractivity contribution >= 4 is 137 Å². The third kappa shape index (κ3) is 38.9. The van der Waals surface area contributed by atoms with E-state index in [1.54, 1.807) is 40.8 Å². The fourth-order valence-corrected chi connectivity index (χ4v) is 14.8. The second-order valence-corrected chi connectivity index (χ2v) is 33.8. The maximum absolute atomic E-state index is 15.1. The Morgan fingerprint density at radius 2 is 1.12 bits per heavy atom. The first-order valence-electron chi connectivity index (χ1n) is 42.9. The van der Waals surface area contributed by atoms with Crippen molar-refractivity contribution in [2.75, 3.05) is 59.5 Å². The van der Waals surface area contributed by atoms with Gasteiger partial charge in [-0.25, -0.2) is 0 Å². The SMILES string of the molecule is [2H]C(P)C(=O)NC(=O)C(C)CC(=O)CN(C)C(=O)C(CCCN=C(N)N)CC(=O)C(C)NC(=O)C(C)CC(=O)C(CC(C)C)NC(=O)C(CC(=O)C(CCC(N)=O)NC(=O)C(CCCN=C(N)N)CC(=O)C(CC(C)C)NC(=O)C(CC(=O)C1CCN(C(=O)CNC(=O)C(CCC(=O)O)CC(=O)C(NC)C(C)CC)C1)C(C)O)Cc1ccc2ccccc2c1. The molecule has 0 spiro atoms. The first-order valence-corrected chi connectivity index (χ1v) is 43.0. The third-order valence-electron chi connectivity index (χ3n) is 22.1. The first kappa shape index (κ1) is 105. The third-order valence-corrected chi connectivity index (χ3v) is 22.4. The summed E-state index contributed by atoms with van der Waals surface area (Å²) in [7, 11) is 4.88. The molecule has 684 valence electrons. The van der Waals surface area contributed by atoms with Crippen molar-refractivity contribution in [3.05, 3.63) is 48.0 Å². The molecular weight excluding hydrogens is 1610 g/mol. The van der Waals surface area contributed by atoms with E-state index < -0.39 is 248 Å². The molecule has 0 radical (unpaired) electrons. The largest absolute Gasteiger partial charge is 0.481 e. The number of nitrogens with zero attached hydrogens (tertiary/aromatic N) is 4. The average Bonchev–Trinajstić information content (AvgIpc) is 1.51. The Morgan fingerprint density at radius 3 is 1.68 bits per heavy atom. The number of aliphatic hydroxyl groups is 1. The molecule has 2 aromatic rings. The van der Waals surface area contributed by atoms with E-state index in [1.165, 1.54) is 39.6 Å². The Bertz CT molecular complexity index is 4120. The van der Waals surface area contributed by atoms with Crippen LogP contribution in [0.3, 0.4) is 0 Å². The predicted octanol–water partition coefficient (Wildman–Crippen LogP) is 1.69. The standard InChI is InChI=1S/C86H135N16O20P/c1-13-49(6)77(92-11)72(110)39-58(24-27-76(114)115)80(118)95-43-75(113)102-31-28-60(44-102)68(106)42-63(53(10)103)83(121)99-66(33-48(4)5)71(109)38-57(20-16-29-93-85(88)89)81(119)97-64(25-26-73(87)111)70(108)41-61(37-54-22-23-55-18-14-15-19-56(55)36-54)82(120)98-65(32-47(2)3)69(107)35-51(8)78(116)96-52(9)67(105)40-59(21-17-30-94-86(90)91)84(122)101(12)45-62(104)34-50(7)79(117)100-74(112)46-123/h14-15,18-19,22-23,36,47-53,57-61,63-66,77,92,103H,13,16-17,20-21,24-35,37-46,123H2,1-12H3,(H2,87,111)(H,95,118)(H,96,116)(H,97,119)(H,98,120)(H,99,121)(H,114,115)(H4,88,89,93)(H4,90,91,94)(H,100,112,117)/i46D. The van der Waals surface area contributed by atoms with Crippen molar-refractivity contribution in [3.63, 3.8) is 0 Å². The van der Waals surface area contributed by atoms with Gasteiger partial charge in [-0.15, -0.1) is 9.24 Å². The second kappa shape index (κ2) is 54.3. The van der Waals surface area contributed by atoms with Crippen LogP contribution in [-0.2, 0) is 92.7 Å². The molecular formula is C86H135N16O20P. The van der Waals surface area contributed by atoms with Gasteiger partial charge in [0.25, 0.3) is 0 Å². The number of guanidine groups is 2. The van der Waals surface area contributed by atoms with Crippen molar-refractivity contribution in [3.8, 4) is 0 Å². The number of aliphatic imine (C=N–C) groups is 2. The Kier molecular flexibility index (Phi) is 46.4. The number of benzene rings is 2. The van der Waals surface area contributed by atoms with Gasteiger partial charge in [0.1, 0.15) is 5.78 Å². The molecule has 1 saturated heterocycles. The summed E-state index contributed by atoms with van der Waals surface area (Å²) in [5.41, 5.74) is 28.6. The molecule has 19 N–H and O–H groups in total. The lowest BCUT2D eigenvalue weighted by molar-refractivity contribution is -0.140. The minimum atomic E-state index is -1.53. The van der Waals surface area contributed by atoms with Crippen molar-refractivity contribution in [2.45, 2.75) is 234 Å². The topological polar surface area (TPSA) is 593 Å². The highest BCUT2D eigenvalue weighted by Crippen LogP contribution is 2.28. The summed E-state index contributed by atoms with van der Waals surface area (Å²) in [6.45, 7) is 15.5. The van der Waals surface area contributed by atoms with E-state index in [4.69, 9.17) is 30.0 Å². The van der Waals surface area contributed by atoms with Crippen LogP contribution in [0.1, 0.15) is 198 Å². The number of likely N-dealkylation sites (N-methyl/N-ethyl adjacent to an activating group) is 2. The van der Waals surface area contributed by atoms with Crippen LogP contribution in [-0.4, -0.2) is 233 Å². The van der Waals surface area contributed by atoms with Gasteiger partial charge < -0.3 is 80.6 Å². The molecule has 1 fully saturated rings. The van der Waals surface area contributed by atoms with Gasteiger partial charge in [-0.1, -0.05) is 104 Å². The Morgan fingerprint density at radius 1 is 0.593 bits per heavy atom. The molecule has 0 aliphatic carbocycles. The van der Waals surface area contributed by atoms with E-state index >= 15 is 9.59 Å². The van der Waals surface area contributed by atoms with Gasteiger partial charge in [0.2, 0.25) is 59.1 Å². The van der Waals surface area contributed by atoms with Crippen molar-refractivity contribution < 1.29 is 97.9 Å². The molecule has 17 atom stereocenters. The van der Waals surface area contributed by atoms with E-state index in [0.717, 1.165) is 15.7 Å². The summed E-state index contributed by atoms with van der Waals surface area (Å²) in [4.78, 5) is 257. The van der Waals surface area contributed by atoms with E-state index in [0.29, 0.717) is 12.0 Å². The molecule has 17 unspecified atom stereocenters. The number of Topliss-reactive ketones (excluding diaryl/α,β-unsaturated/α-hetero) is 7. The molecule has 1 aliphatic heterocycles. The number of primary amides is 1. The summed E-state index contributed by atoms with van der Waals surface area (Å²) in [5, 5.41) is 40.6. The average molecular weight is 1750 g/mol. The second-order valence-electron chi connectivity index (χ2n) is 33.5. The van der Waals surface area contributed by atoms with Gasteiger partial charge in [0.05, 0.1) is 55.3 Å². The number of carboxylic acids is 1. The number of rotatable bonds is 60.